The predicted molar refractivity (Wildman–Crippen MR) is 61.8 cm³/mol. The van der Waals surface area contributed by atoms with Crippen LogP contribution in [0.4, 0.5) is 0 Å². The Balaban J connectivity index is 1.77. The van der Waals surface area contributed by atoms with Crippen LogP contribution in [0.5, 0.6) is 0 Å². The molecule has 2 fully saturated rings. The van der Waals surface area contributed by atoms with E-state index in [1.165, 1.54) is 32.1 Å². The maximum Gasteiger partial charge on any atom is 0.0706 e. The molecule has 0 amide bonds. The molecule has 1 saturated heterocycles. The van der Waals surface area contributed by atoms with Gasteiger partial charge >= 0.3 is 0 Å². The molecule has 0 radical (unpaired) electrons. The highest BCUT2D eigenvalue weighted by Crippen LogP contribution is 2.27. The van der Waals surface area contributed by atoms with Gasteiger partial charge in [-0.05, 0) is 32.6 Å². The van der Waals surface area contributed by atoms with Gasteiger partial charge in [-0.15, -0.1) is 0 Å². The van der Waals surface area contributed by atoms with Crippen LogP contribution in [0.2, 0.25) is 0 Å². The summed E-state index contributed by atoms with van der Waals surface area (Å²) in [6.07, 6.45) is 7.52. The molecule has 0 aromatic heterocycles. The van der Waals surface area contributed by atoms with Gasteiger partial charge in [0, 0.05) is 25.7 Å². The molecule has 0 aromatic carbocycles. The van der Waals surface area contributed by atoms with Gasteiger partial charge in [0.25, 0.3) is 0 Å². The first-order chi connectivity index (χ1) is 7.29. The Kier molecular flexibility index (Phi) is 4.00. The Morgan fingerprint density at radius 1 is 1.27 bits per heavy atom. The van der Waals surface area contributed by atoms with Crippen molar-refractivity contribution < 1.29 is 4.74 Å². The molecule has 3 nitrogen and oxygen atoms in total. The first-order valence-corrected chi connectivity index (χ1v) is 6.39. The third kappa shape index (κ3) is 2.92. The van der Waals surface area contributed by atoms with Crippen LogP contribution in [0.25, 0.3) is 0 Å². The van der Waals surface area contributed by atoms with Crippen LogP contribution in [0.3, 0.4) is 0 Å². The molecular formula is C12H24N2O. The molecule has 2 N–H and O–H groups in total. The van der Waals surface area contributed by atoms with Crippen molar-refractivity contribution in [2.75, 3.05) is 19.6 Å². The van der Waals surface area contributed by atoms with Gasteiger partial charge in [0.05, 0.1) is 12.2 Å². The average Bonchev–Trinajstić information content (AvgIpc) is 2.48. The Labute approximate surface area is 93.0 Å². The van der Waals surface area contributed by atoms with E-state index in [1.807, 2.05) is 0 Å². The van der Waals surface area contributed by atoms with Gasteiger partial charge in [-0.1, -0.05) is 6.42 Å². The monoisotopic (exact) mass is 212 g/mol. The minimum absolute atomic E-state index is 0.465. The first-order valence-electron chi connectivity index (χ1n) is 6.39. The number of hydrogen-bond donors (Lipinski definition) is 1. The standard InChI is InChI=1S/C12H24N2O/c1-10-5-6-12(15-10)9-14(8-7-13)11-3-2-4-11/h10-12H,2-9,13H2,1H3. The molecule has 0 bridgehead atoms. The minimum atomic E-state index is 0.465. The first kappa shape index (κ1) is 11.4. The smallest absolute Gasteiger partial charge is 0.0706 e. The number of nitrogens with two attached hydrogens (primary N) is 1. The summed E-state index contributed by atoms with van der Waals surface area (Å²) < 4.78 is 5.87. The average molecular weight is 212 g/mol. The van der Waals surface area contributed by atoms with E-state index in [9.17, 15) is 0 Å². The maximum atomic E-state index is 5.87. The largest absolute Gasteiger partial charge is 0.374 e. The number of rotatable bonds is 5. The third-order valence-electron chi connectivity index (χ3n) is 3.77. The molecule has 2 unspecified atom stereocenters. The lowest BCUT2D eigenvalue weighted by Gasteiger charge is -2.38. The number of nitrogens with zero attached hydrogens (tertiary/aromatic N) is 1. The lowest BCUT2D eigenvalue weighted by atomic mass is 9.91. The highest BCUT2D eigenvalue weighted by molar-refractivity contribution is 4.83. The van der Waals surface area contributed by atoms with Crippen LogP contribution in [0, 0.1) is 0 Å². The van der Waals surface area contributed by atoms with E-state index < -0.39 is 0 Å². The lowest BCUT2D eigenvalue weighted by molar-refractivity contribution is 0.0112. The van der Waals surface area contributed by atoms with Crippen LogP contribution in [-0.2, 0) is 4.74 Å². The Hall–Kier alpha value is -0.120. The normalized spacial score (nSPS) is 32.2. The van der Waals surface area contributed by atoms with Crippen molar-refractivity contribution in [2.45, 2.75) is 57.3 Å². The zero-order valence-electron chi connectivity index (χ0n) is 9.82. The molecule has 2 rings (SSSR count). The van der Waals surface area contributed by atoms with Crippen LogP contribution in [0.1, 0.15) is 39.0 Å². The molecule has 88 valence electrons. The van der Waals surface area contributed by atoms with Crippen molar-refractivity contribution >= 4 is 0 Å². The molecule has 1 aliphatic carbocycles. The van der Waals surface area contributed by atoms with Crippen molar-refractivity contribution in [3.63, 3.8) is 0 Å². The summed E-state index contributed by atoms with van der Waals surface area (Å²) in [7, 11) is 0. The van der Waals surface area contributed by atoms with Crippen LogP contribution in [0.15, 0.2) is 0 Å². The molecule has 0 spiro atoms. The highest BCUT2D eigenvalue weighted by atomic mass is 16.5. The predicted octanol–water partition coefficient (Wildman–Crippen LogP) is 1.37. The van der Waals surface area contributed by atoms with E-state index in [2.05, 4.69) is 11.8 Å². The van der Waals surface area contributed by atoms with Crippen molar-refractivity contribution in [1.82, 2.24) is 4.90 Å². The summed E-state index contributed by atoms with van der Waals surface area (Å²) in [6, 6.07) is 0.799. The van der Waals surface area contributed by atoms with Gasteiger partial charge in [-0.2, -0.15) is 0 Å². The van der Waals surface area contributed by atoms with Crippen molar-refractivity contribution in [1.29, 1.82) is 0 Å². The molecule has 1 heterocycles. The second-order valence-corrected chi connectivity index (χ2v) is 5.01. The third-order valence-corrected chi connectivity index (χ3v) is 3.77. The SMILES string of the molecule is CC1CCC(CN(CCN)C2CCC2)O1. The molecule has 2 aliphatic rings. The summed E-state index contributed by atoms with van der Waals surface area (Å²) in [5.74, 6) is 0. The second-order valence-electron chi connectivity index (χ2n) is 5.01. The second kappa shape index (κ2) is 5.28. The fourth-order valence-electron chi connectivity index (χ4n) is 2.62. The van der Waals surface area contributed by atoms with E-state index in [0.29, 0.717) is 12.2 Å². The summed E-state index contributed by atoms with van der Waals surface area (Å²) >= 11 is 0. The molecular weight excluding hydrogens is 188 g/mol. The molecule has 2 atom stereocenters. The fraction of sp³-hybridized carbons (Fsp3) is 1.00. The Morgan fingerprint density at radius 2 is 2.07 bits per heavy atom. The topological polar surface area (TPSA) is 38.5 Å². The molecule has 0 aromatic rings. The van der Waals surface area contributed by atoms with Crippen LogP contribution < -0.4 is 5.73 Å². The van der Waals surface area contributed by atoms with Gasteiger partial charge in [0.15, 0.2) is 0 Å². The van der Waals surface area contributed by atoms with Gasteiger partial charge < -0.3 is 10.5 Å². The summed E-state index contributed by atoms with van der Waals surface area (Å²) in [5.41, 5.74) is 5.67. The van der Waals surface area contributed by atoms with Gasteiger partial charge in [-0.25, -0.2) is 0 Å². The quantitative estimate of drug-likeness (QED) is 0.748. The lowest BCUT2D eigenvalue weighted by Crippen LogP contribution is -2.46. The van der Waals surface area contributed by atoms with Crippen LogP contribution in [-0.4, -0.2) is 42.8 Å². The van der Waals surface area contributed by atoms with E-state index in [4.69, 9.17) is 10.5 Å². The molecule has 3 heteroatoms. The van der Waals surface area contributed by atoms with E-state index >= 15 is 0 Å². The summed E-state index contributed by atoms with van der Waals surface area (Å²) in [6.45, 7) is 5.10. The molecule has 15 heavy (non-hydrogen) atoms. The van der Waals surface area contributed by atoms with Crippen molar-refractivity contribution in [3.05, 3.63) is 0 Å². The maximum absolute atomic E-state index is 5.87. The Morgan fingerprint density at radius 3 is 2.53 bits per heavy atom. The van der Waals surface area contributed by atoms with E-state index in [-0.39, 0.29) is 0 Å². The van der Waals surface area contributed by atoms with Crippen molar-refractivity contribution in [2.24, 2.45) is 5.73 Å². The van der Waals surface area contributed by atoms with Gasteiger partial charge in [-0.3, -0.25) is 4.90 Å². The molecule has 1 saturated carbocycles. The van der Waals surface area contributed by atoms with Gasteiger partial charge in [0.1, 0.15) is 0 Å². The van der Waals surface area contributed by atoms with E-state index in [1.54, 1.807) is 0 Å². The molecule has 1 aliphatic heterocycles. The minimum Gasteiger partial charge on any atom is -0.374 e. The zero-order valence-corrected chi connectivity index (χ0v) is 9.82. The summed E-state index contributed by atoms with van der Waals surface area (Å²) in [5, 5.41) is 0. The van der Waals surface area contributed by atoms with Crippen LogP contribution >= 0.6 is 0 Å². The van der Waals surface area contributed by atoms with Crippen molar-refractivity contribution in [3.8, 4) is 0 Å². The zero-order chi connectivity index (χ0) is 10.7. The number of ether oxygens (including phenoxy) is 1. The fourth-order valence-corrected chi connectivity index (χ4v) is 2.62. The highest BCUT2D eigenvalue weighted by Gasteiger charge is 2.29. The van der Waals surface area contributed by atoms with E-state index in [0.717, 1.165) is 25.7 Å². The summed E-state index contributed by atoms with van der Waals surface area (Å²) in [4.78, 5) is 2.55. The number of hydrogen-bond acceptors (Lipinski definition) is 3. The van der Waals surface area contributed by atoms with Gasteiger partial charge in [0.2, 0.25) is 0 Å². The Bertz CT molecular complexity index is 194.